The number of rotatable bonds is 3. The minimum Gasteiger partial charge on any atom is -0.365 e. The Hall–Kier alpha value is -1.66. The Kier molecular flexibility index (Phi) is 4.55. The molecular formula is C17H17BrN2O2S. The number of nitrogens with two attached hydrogens (primary N) is 1. The molecule has 23 heavy (non-hydrogen) atoms. The van der Waals surface area contributed by atoms with Crippen LogP contribution in [0.5, 0.6) is 0 Å². The maximum absolute atomic E-state index is 12.4. The van der Waals surface area contributed by atoms with Gasteiger partial charge in [0.05, 0.1) is 5.56 Å². The highest BCUT2D eigenvalue weighted by Crippen LogP contribution is 2.39. The lowest BCUT2D eigenvalue weighted by Crippen LogP contribution is -2.19. The molecule has 1 aliphatic rings. The Morgan fingerprint density at radius 2 is 2.00 bits per heavy atom. The summed E-state index contributed by atoms with van der Waals surface area (Å²) in [4.78, 5) is 25.4. The first-order valence-corrected chi connectivity index (χ1v) is 9.08. The number of halogens is 1. The van der Waals surface area contributed by atoms with E-state index in [1.165, 1.54) is 16.2 Å². The molecule has 0 saturated carbocycles. The van der Waals surface area contributed by atoms with E-state index in [9.17, 15) is 9.59 Å². The zero-order chi connectivity index (χ0) is 16.6. The molecule has 0 radical (unpaired) electrons. The fourth-order valence-corrected chi connectivity index (χ4v) is 4.55. The topological polar surface area (TPSA) is 72.2 Å². The fourth-order valence-electron chi connectivity index (χ4n) is 2.88. The number of amides is 2. The molecule has 2 aromatic rings. The van der Waals surface area contributed by atoms with Crippen LogP contribution in [0.4, 0.5) is 5.00 Å². The highest BCUT2D eigenvalue weighted by molar-refractivity contribution is 9.10. The second-order valence-corrected chi connectivity index (χ2v) is 7.90. The standard InChI is InChI=1S/C17H17BrN2O2S/c1-9-2-7-12-13(8-9)23-17(14(12)15(19)21)20-16(22)10-3-5-11(18)6-4-10/h3-6,9H,2,7-8H2,1H3,(H2,19,21)(H,20,22)/t9-/m1/s1. The Bertz CT molecular complexity index is 768. The summed E-state index contributed by atoms with van der Waals surface area (Å²) in [6.45, 7) is 2.20. The van der Waals surface area contributed by atoms with Crippen LogP contribution in [-0.2, 0) is 12.8 Å². The van der Waals surface area contributed by atoms with Crippen LogP contribution in [0.1, 0.15) is 44.5 Å². The number of anilines is 1. The Balaban J connectivity index is 1.92. The average Bonchev–Trinajstić information content (AvgIpc) is 2.84. The molecule has 6 heteroatoms. The fraction of sp³-hybridized carbons (Fsp3) is 0.294. The number of nitrogens with one attached hydrogen (secondary N) is 1. The van der Waals surface area contributed by atoms with Crippen LogP contribution >= 0.6 is 27.3 Å². The summed E-state index contributed by atoms with van der Waals surface area (Å²) in [7, 11) is 0. The number of benzene rings is 1. The summed E-state index contributed by atoms with van der Waals surface area (Å²) in [5.41, 5.74) is 7.62. The van der Waals surface area contributed by atoms with Gasteiger partial charge >= 0.3 is 0 Å². The highest BCUT2D eigenvalue weighted by atomic mass is 79.9. The van der Waals surface area contributed by atoms with Crippen LogP contribution in [0.15, 0.2) is 28.7 Å². The van der Waals surface area contributed by atoms with Gasteiger partial charge in [0.1, 0.15) is 5.00 Å². The van der Waals surface area contributed by atoms with Gasteiger partial charge in [-0.2, -0.15) is 0 Å². The van der Waals surface area contributed by atoms with Gasteiger partial charge in [0.25, 0.3) is 11.8 Å². The van der Waals surface area contributed by atoms with Crippen LogP contribution in [0, 0.1) is 5.92 Å². The third-order valence-electron chi connectivity index (χ3n) is 4.09. The van der Waals surface area contributed by atoms with E-state index in [4.69, 9.17) is 5.73 Å². The molecule has 1 heterocycles. The molecule has 3 N–H and O–H groups in total. The van der Waals surface area contributed by atoms with Crippen molar-refractivity contribution in [2.75, 3.05) is 5.32 Å². The maximum Gasteiger partial charge on any atom is 0.256 e. The third-order valence-corrected chi connectivity index (χ3v) is 5.79. The van der Waals surface area contributed by atoms with Gasteiger partial charge in [-0.15, -0.1) is 11.3 Å². The third kappa shape index (κ3) is 3.33. The zero-order valence-electron chi connectivity index (χ0n) is 12.7. The monoisotopic (exact) mass is 392 g/mol. The van der Waals surface area contributed by atoms with Gasteiger partial charge in [0.15, 0.2) is 0 Å². The van der Waals surface area contributed by atoms with E-state index in [1.807, 2.05) is 12.1 Å². The second kappa shape index (κ2) is 6.45. The summed E-state index contributed by atoms with van der Waals surface area (Å²) in [6.07, 6.45) is 2.83. The number of carbonyl (C=O) groups excluding carboxylic acids is 2. The minimum absolute atomic E-state index is 0.230. The largest absolute Gasteiger partial charge is 0.365 e. The van der Waals surface area contributed by atoms with Gasteiger partial charge < -0.3 is 11.1 Å². The Morgan fingerprint density at radius 1 is 1.30 bits per heavy atom. The van der Waals surface area contributed by atoms with Gasteiger partial charge in [-0.25, -0.2) is 0 Å². The number of hydrogen-bond donors (Lipinski definition) is 2. The van der Waals surface area contributed by atoms with E-state index < -0.39 is 5.91 Å². The van der Waals surface area contributed by atoms with E-state index in [0.717, 1.165) is 29.3 Å². The van der Waals surface area contributed by atoms with Gasteiger partial charge in [0, 0.05) is 14.9 Å². The summed E-state index contributed by atoms with van der Waals surface area (Å²) >= 11 is 4.82. The van der Waals surface area contributed by atoms with Crippen molar-refractivity contribution in [3.63, 3.8) is 0 Å². The van der Waals surface area contributed by atoms with Gasteiger partial charge in [-0.1, -0.05) is 22.9 Å². The second-order valence-electron chi connectivity index (χ2n) is 5.88. The molecule has 3 rings (SSSR count). The Morgan fingerprint density at radius 3 is 2.65 bits per heavy atom. The Labute approximate surface area is 147 Å². The summed E-state index contributed by atoms with van der Waals surface area (Å²) < 4.78 is 0.910. The van der Waals surface area contributed by atoms with Crippen LogP contribution in [0.2, 0.25) is 0 Å². The number of hydrogen-bond acceptors (Lipinski definition) is 3. The SMILES string of the molecule is C[C@@H]1CCc2c(sc(NC(=O)c3ccc(Br)cc3)c2C(N)=O)C1. The van der Waals surface area contributed by atoms with Crippen molar-refractivity contribution in [2.45, 2.75) is 26.2 Å². The zero-order valence-corrected chi connectivity index (χ0v) is 15.1. The minimum atomic E-state index is -0.469. The first kappa shape index (κ1) is 16.2. The van der Waals surface area contributed by atoms with Gasteiger partial charge in [0.2, 0.25) is 0 Å². The molecular weight excluding hydrogens is 376 g/mol. The van der Waals surface area contributed by atoms with Gasteiger partial charge in [-0.05, 0) is 55.0 Å². The van der Waals surface area contributed by atoms with Crippen molar-refractivity contribution in [3.05, 3.63) is 50.3 Å². The number of primary amides is 1. The number of carbonyl (C=O) groups is 2. The molecule has 0 fully saturated rings. The van der Waals surface area contributed by atoms with Crippen molar-refractivity contribution >= 4 is 44.1 Å². The smallest absolute Gasteiger partial charge is 0.256 e. The van der Waals surface area contributed by atoms with Crippen molar-refractivity contribution < 1.29 is 9.59 Å². The average molecular weight is 393 g/mol. The van der Waals surface area contributed by atoms with E-state index in [-0.39, 0.29) is 5.91 Å². The van der Waals surface area contributed by atoms with Crippen LogP contribution in [0.3, 0.4) is 0 Å². The van der Waals surface area contributed by atoms with E-state index in [1.54, 1.807) is 12.1 Å². The maximum atomic E-state index is 12.4. The molecule has 0 aliphatic heterocycles. The van der Waals surface area contributed by atoms with Crippen LogP contribution < -0.4 is 11.1 Å². The van der Waals surface area contributed by atoms with Crippen molar-refractivity contribution in [1.82, 2.24) is 0 Å². The lowest BCUT2D eigenvalue weighted by Gasteiger charge is -2.18. The molecule has 1 aromatic carbocycles. The molecule has 0 unspecified atom stereocenters. The molecule has 0 spiro atoms. The van der Waals surface area contributed by atoms with E-state index in [2.05, 4.69) is 28.2 Å². The predicted octanol–water partition coefficient (Wildman–Crippen LogP) is 3.99. The van der Waals surface area contributed by atoms with E-state index >= 15 is 0 Å². The lowest BCUT2D eigenvalue weighted by molar-refractivity contribution is 0.1000. The number of thiophene rings is 1. The normalized spacial score (nSPS) is 16.7. The molecule has 2 amide bonds. The molecule has 1 aliphatic carbocycles. The summed E-state index contributed by atoms with van der Waals surface area (Å²) in [5.74, 6) is -0.105. The lowest BCUT2D eigenvalue weighted by atomic mass is 9.88. The highest BCUT2D eigenvalue weighted by Gasteiger charge is 2.27. The number of fused-ring (bicyclic) bond motifs is 1. The van der Waals surface area contributed by atoms with Crippen molar-refractivity contribution in [3.8, 4) is 0 Å². The molecule has 4 nitrogen and oxygen atoms in total. The molecule has 1 aromatic heterocycles. The predicted molar refractivity (Wildman–Crippen MR) is 96.1 cm³/mol. The summed E-state index contributed by atoms with van der Waals surface area (Å²) in [5, 5.41) is 3.44. The van der Waals surface area contributed by atoms with Crippen LogP contribution in [-0.4, -0.2) is 11.8 Å². The first-order chi connectivity index (χ1) is 11.0. The van der Waals surface area contributed by atoms with Crippen molar-refractivity contribution in [2.24, 2.45) is 11.7 Å². The summed E-state index contributed by atoms with van der Waals surface area (Å²) in [6, 6.07) is 7.09. The van der Waals surface area contributed by atoms with Crippen molar-refractivity contribution in [1.29, 1.82) is 0 Å². The van der Waals surface area contributed by atoms with Gasteiger partial charge in [-0.3, -0.25) is 9.59 Å². The van der Waals surface area contributed by atoms with Crippen LogP contribution in [0.25, 0.3) is 0 Å². The first-order valence-electron chi connectivity index (χ1n) is 7.47. The molecule has 1 atom stereocenters. The van der Waals surface area contributed by atoms with E-state index in [0.29, 0.717) is 22.0 Å². The molecule has 0 bridgehead atoms. The quantitative estimate of drug-likeness (QED) is 0.828. The molecule has 120 valence electrons. The molecule has 0 saturated heterocycles.